The zero-order valence-corrected chi connectivity index (χ0v) is 17.6. The van der Waals surface area contributed by atoms with Gasteiger partial charge in [-0.3, -0.25) is 19.5 Å². The number of hydrogen-bond donors (Lipinski definition) is 1. The topological polar surface area (TPSA) is 97.4 Å². The van der Waals surface area contributed by atoms with E-state index in [2.05, 4.69) is 15.0 Å². The number of thioether (sulfide) groups is 1. The van der Waals surface area contributed by atoms with E-state index in [-0.39, 0.29) is 25.0 Å². The Morgan fingerprint density at radius 3 is 2.77 bits per heavy atom. The molecule has 8 nitrogen and oxygen atoms in total. The van der Waals surface area contributed by atoms with Gasteiger partial charge in [-0.05, 0) is 25.1 Å². The molecule has 4 rings (SSSR count). The fraction of sp³-hybridized carbons (Fsp3) is 0.333. The molecule has 1 aromatic carbocycles. The van der Waals surface area contributed by atoms with Crippen LogP contribution >= 0.6 is 11.8 Å². The minimum absolute atomic E-state index is 0.129. The Kier molecular flexibility index (Phi) is 5.89. The largest absolute Gasteiger partial charge is 0.497 e. The van der Waals surface area contributed by atoms with Crippen molar-refractivity contribution < 1.29 is 19.1 Å². The molecule has 3 heterocycles. The maximum atomic E-state index is 11.7. The minimum Gasteiger partial charge on any atom is -0.497 e. The number of nitrogens with zero attached hydrogens (tertiary/aromatic N) is 3. The van der Waals surface area contributed by atoms with Crippen LogP contribution in [-0.2, 0) is 15.3 Å². The lowest BCUT2D eigenvalue weighted by molar-refractivity contribution is -0.138. The van der Waals surface area contributed by atoms with Crippen molar-refractivity contribution in [1.82, 2.24) is 19.9 Å². The monoisotopic (exact) mass is 426 g/mol. The van der Waals surface area contributed by atoms with Crippen LogP contribution in [0.2, 0.25) is 0 Å². The van der Waals surface area contributed by atoms with Gasteiger partial charge >= 0.3 is 0 Å². The quantitative estimate of drug-likeness (QED) is 0.437. The number of aromatic amines is 1. The van der Waals surface area contributed by atoms with Gasteiger partial charge in [-0.2, -0.15) is 0 Å². The van der Waals surface area contributed by atoms with E-state index >= 15 is 0 Å². The van der Waals surface area contributed by atoms with Crippen molar-refractivity contribution in [3.8, 4) is 11.5 Å². The number of ether oxygens (including phenoxy) is 2. The van der Waals surface area contributed by atoms with Gasteiger partial charge in [0.05, 0.1) is 30.4 Å². The van der Waals surface area contributed by atoms with Crippen LogP contribution in [-0.4, -0.2) is 51.9 Å². The van der Waals surface area contributed by atoms with Crippen molar-refractivity contribution in [3.63, 3.8) is 0 Å². The molecule has 2 amide bonds. The van der Waals surface area contributed by atoms with Crippen molar-refractivity contribution in [3.05, 3.63) is 41.7 Å². The number of fused-ring (bicyclic) bond motifs is 1. The van der Waals surface area contributed by atoms with Gasteiger partial charge in [0.2, 0.25) is 11.8 Å². The summed E-state index contributed by atoms with van der Waals surface area (Å²) in [6, 6.07) is 7.53. The number of imidazole rings is 1. The van der Waals surface area contributed by atoms with Crippen molar-refractivity contribution >= 4 is 34.6 Å². The first-order chi connectivity index (χ1) is 14.5. The number of carbonyl (C=O) groups excluding carboxylic acids is 2. The summed E-state index contributed by atoms with van der Waals surface area (Å²) in [7, 11) is 1.63. The first-order valence-corrected chi connectivity index (χ1v) is 10.6. The Hall–Kier alpha value is -3.07. The van der Waals surface area contributed by atoms with Crippen LogP contribution < -0.4 is 9.47 Å². The Morgan fingerprint density at radius 1 is 1.20 bits per heavy atom. The third-order valence-electron chi connectivity index (χ3n) is 5.00. The summed E-state index contributed by atoms with van der Waals surface area (Å²) in [6.45, 7) is 2.49. The van der Waals surface area contributed by atoms with Gasteiger partial charge in [0.25, 0.3) is 0 Å². The number of rotatable bonds is 8. The number of imide groups is 1. The van der Waals surface area contributed by atoms with Crippen LogP contribution in [0.4, 0.5) is 0 Å². The molecule has 1 fully saturated rings. The molecule has 1 aliphatic rings. The van der Waals surface area contributed by atoms with E-state index in [9.17, 15) is 9.59 Å². The molecule has 1 saturated heterocycles. The molecule has 2 aromatic heterocycles. The predicted octanol–water partition coefficient (Wildman–Crippen LogP) is 3.10. The molecule has 0 unspecified atom stereocenters. The lowest BCUT2D eigenvalue weighted by Gasteiger charge is -2.16. The van der Waals surface area contributed by atoms with E-state index in [1.807, 2.05) is 25.1 Å². The summed E-state index contributed by atoms with van der Waals surface area (Å²) in [5, 5.41) is 0.803. The summed E-state index contributed by atoms with van der Waals surface area (Å²) in [5.74, 6) is 1.84. The van der Waals surface area contributed by atoms with E-state index < -0.39 is 0 Å². The summed E-state index contributed by atoms with van der Waals surface area (Å²) in [5.41, 5.74) is 3.63. The zero-order valence-electron chi connectivity index (χ0n) is 16.8. The number of pyridine rings is 1. The fourth-order valence-electron chi connectivity index (χ4n) is 3.27. The van der Waals surface area contributed by atoms with Crippen LogP contribution in [0.3, 0.4) is 0 Å². The molecule has 9 heteroatoms. The highest BCUT2D eigenvalue weighted by molar-refractivity contribution is 7.98. The molecule has 0 aliphatic carbocycles. The van der Waals surface area contributed by atoms with Crippen LogP contribution in [0.1, 0.15) is 24.1 Å². The van der Waals surface area contributed by atoms with Crippen molar-refractivity contribution in [2.45, 2.75) is 30.7 Å². The van der Waals surface area contributed by atoms with Gasteiger partial charge in [-0.1, -0.05) is 11.8 Å². The highest BCUT2D eigenvalue weighted by Crippen LogP contribution is 2.28. The fourth-order valence-corrected chi connectivity index (χ4v) is 4.18. The summed E-state index contributed by atoms with van der Waals surface area (Å²) < 4.78 is 11.1. The van der Waals surface area contributed by atoms with Crippen molar-refractivity contribution in [2.75, 3.05) is 20.3 Å². The van der Waals surface area contributed by atoms with Crippen LogP contribution in [0.25, 0.3) is 11.0 Å². The lowest BCUT2D eigenvalue weighted by Crippen LogP contribution is -2.33. The van der Waals surface area contributed by atoms with E-state index in [1.54, 1.807) is 31.1 Å². The highest BCUT2D eigenvalue weighted by atomic mass is 32.2. The van der Waals surface area contributed by atoms with E-state index in [4.69, 9.17) is 9.47 Å². The third kappa shape index (κ3) is 4.25. The van der Waals surface area contributed by atoms with Crippen molar-refractivity contribution in [2.24, 2.45) is 0 Å². The van der Waals surface area contributed by atoms with Gasteiger partial charge in [0.15, 0.2) is 5.16 Å². The van der Waals surface area contributed by atoms with E-state index in [1.165, 1.54) is 4.90 Å². The first-order valence-electron chi connectivity index (χ1n) is 9.62. The number of H-pyrrole nitrogens is 1. The van der Waals surface area contributed by atoms with Crippen molar-refractivity contribution in [1.29, 1.82) is 0 Å². The second-order valence-electron chi connectivity index (χ2n) is 6.88. The molecule has 1 aliphatic heterocycles. The van der Waals surface area contributed by atoms with Gasteiger partial charge in [-0.25, -0.2) is 4.98 Å². The number of methoxy groups -OCH3 is 1. The van der Waals surface area contributed by atoms with Crippen LogP contribution in [0, 0.1) is 6.92 Å². The van der Waals surface area contributed by atoms with Gasteiger partial charge < -0.3 is 14.5 Å². The average Bonchev–Trinajstić information content (AvgIpc) is 3.30. The molecule has 0 atom stereocenters. The Balaban J connectivity index is 1.38. The molecule has 1 N–H and O–H groups in total. The normalized spacial score (nSPS) is 14.0. The molecular formula is C21H22N4O4S. The average molecular weight is 426 g/mol. The second-order valence-corrected chi connectivity index (χ2v) is 7.85. The number of benzene rings is 1. The maximum Gasteiger partial charge on any atom is 0.229 e. The first kappa shape index (κ1) is 20.2. The lowest BCUT2D eigenvalue weighted by atomic mass is 10.2. The number of amides is 2. The Morgan fingerprint density at radius 2 is 2.00 bits per heavy atom. The second kappa shape index (κ2) is 8.74. The maximum absolute atomic E-state index is 11.7. The van der Waals surface area contributed by atoms with Gasteiger partial charge in [0.1, 0.15) is 18.1 Å². The molecule has 0 radical (unpaired) electrons. The molecule has 0 spiro atoms. The molecule has 0 saturated carbocycles. The summed E-state index contributed by atoms with van der Waals surface area (Å²) in [6.07, 6.45) is 2.29. The van der Waals surface area contributed by atoms with Gasteiger partial charge in [-0.15, -0.1) is 0 Å². The predicted molar refractivity (Wildman–Crippen MR) is 113 cm³/mol. The molecule has 156 valence electrons. The molecule has 30 heavy (non-hydrogen) atoms. The Bertz CT molecular complexity index is 1080. The molecular weight excluding hydrogens is 404 g/mol. The highest BCUT2D eigenvalue weighted by Gasteiger charge is 2.28. The number of nitrogens with one attached hydrogen (secondary N) is 1. The minimum atomic E-state index is -0.129. The molecule has 3 aromatic rings. The number of carbonyl (C=O) groups is 2. The summed E-state index contributed by atoms with van der Waals surface area (Å²) >= 11 is 1.56. The van der Waals surface area contributed by atoms with E-state index in [0.717, 1.165) is 33.2 Å². The van der Waals surface area contributed by atoms with Gasteiger partial charge in [0, 0.05) is 36.4 Å². The standard InChI is InChI=1S/C21H22N4O4S/c1-13-17(12-30-21-23-15-4-3-14(28-2)11-16(15)24-21)22-8-7-18(13)29-10-9-25-19(26)5-6-20(25)27/h3-4,7-8,11H,5-6,9-10,12H2,1-2H3,(H,23,24). The Labute approximate surface area is 178 Å². The smallest absolute Gasteiger partial charge is 0.229 e. The van der Waals surface area contributed by atoms with Crippen LogP contribution in [0.15, 0.2) is 35.6 Å². The van der Waals surface area contributed by atoms with Crippen LogP contribution in [0.5, 0.6) is 11.5 Å². The third-order valence-corrected chi connectivity index (χ3v) is 5.88. The number of aromatic nitrogens is 3. The number of hydrogen-bond acceptors (Lipinski definition) is 7. The SMILES string of the molecule is COc1ccc2[nH]c(SCc3nccc(OCCN4C(=O)CCC4=O)c3C)nc2c1. The number of likely N-dealkylation sites (tertiary alicyclic amines) is 1. The zero-order chi connectivity index (χ0) is 21.1. The van der Waals surface area contributed by atoms with E-state index in [0.29, 0.717) is 24.3 Å². The summed E-state index contributed by atoms with van der Waals surface area (Å²) in [4.78, 5) is 37.0. The molecule has 0 bridgehead atoms.